The highest BCUT2D eigenvalue weighted by Crippen LogP contribution is 2.38. The minimum absolute atomic E-state index is 0.900. The number of piperazine rings is 1. The van der Waals surface area contributed by atoms with Gasteiger partial charge in [0.15, 0.2) is 0 Å². The summed E-state index contributed by atoms with van der Waals surface area (Å²) in [4.78, 5) is 5.47. The Bertz CT molecular complexity index is 285. The molecule has 0 radical (unpaired) electrons. The highest BCUT2D eigenvalue weighted by atomic mass is 15.2. The quantitative estimate of drug-likeness (QED) is 0.849. The summed E-state index contributed by atoms with van der Waals surface area (Å²) in [6, 6.07) is 0.933. The minimum Gasteiger partial charge on any atom is -0.314 e. The van der Waals surface area contributed by atoms with Gasteiger partial charge in [0, 0.05) is 38.8 Å². The second-order valence-corrected chi connectivity index (χ2v) is 7.66. The second kappa shape index (κ2) is 6.76. The van der Waals surface area contributed by atoms with Gasteiger partial charge in [0.1, 0.15) is 0 Å². The summed E-state index contributed by atoms with van der Waals surface area (Å²) in [5, 5.41) is 3.45. The van der Waals surface area contributed by atoms with E-state index >= 15 is 0 Å². The van der Waals surface area contributed by atoms with Gasteiger partial charge in [-0.2, -0.15) is 0 Å². The zero-order chi connectivity index (χ0) is 13.9. The molecule has 3 nitrogen and oxygen atoms in total. The molecule has 2 aliphatic heterocycles. The fourth-order valence-corrected chi connectivity index (χ4v) is 4.23. The fourth-order valence-electron chi connectivity index (χ4n) is 4.23. The lowest BCUT2D eigenvalue weighted by Gasteiger charge is -2.47. The van der Waals surface area contributed by atoms with Crippen molar-refractivity contribution in [1.82, 2.24) is 15.1 Å². The van der Waals surface area contributed by atoms with Crippen LogP contribution < -0.4 is 5.32 Å². The molecule has 2 heterocycles. The van der Waals surface area contributed by atoms with Crippen molar-refractivity contribution < 1.29 is 0 Å². The summed E-state index contributed by atoms with van der Waals surface area (Å²) in [7, 11) is 0. The summed E-state index contributed by atoms with van der Waals surface area (Å²) in [6.07, 6.45) is 5.82. The summed E-state index contributed by atoms with van der Waals surface area (Å²) in [6.45, 7) is 13.8. The Kier molecular flexibility index (Phi) is 5.00. The van der Waals surface area contributed by atoms with Crippen molar-refractivity contribution in [2.75, 3.05) is 45.8 Å². The molecule has 1 N–H and O–H groups in total. The highest BCUT2D eigenvalue weighted by Gasteiger charge is 2.36. The van der Waals surface area contributed by atoms with Gasteiger partial charge in [-0.15, -0.1) is 0 Å². The van der Waals surface area contributed by atoms with Crippen LogP contribution in [-0.4, -0.2) is 61.7 Å². The van der Waals surface area contributed by atoms with E-state index in [1.165, 1.54) is 71.5 Å². The Balaban J connectivity index is 1.35. The molecule has 2 saturated heterocycles. The number of likely N-dealkylation sites (tertiary alicyclic amines) is 1. The first-order valence-corrected chi connectivity index (χ1v) is 8.89. The Morgan fingerprint density at radius 3 is 2.25 bits per heavy atom. The molecule has 3 rings (SSSR count). The van der Waals surface area contributed by atoms with Crippen molar-refractivity contribution >= 4 is 0 Å². The Hall–Kier alpha value is -0.120. The van der Waals surface area contributed by atoms with Crippen LogP contribution in [0.25, 0.3) is 0 Å². The lowest BCUT2D eigenvalue weighted by molar-refractivity contribution is 0.0259. The maximum atomic E-state index is 3.45. The molecule has 0 aromatic rings. The van der Waals surface area contributed by atoms with Gasteiger partial charge in [-0.1, -0.05) is 13.8 Å². The van der Waals surface area contributed by atoms with Crippen LogP contribution in [0.15, 0.2) is 0 Å². The van der Waals surface area contributed by atoms with Crippen LogP contribution in [0.5, 0.6) is 0 Å². The molecule has 1 saturated carbocycles. The predicted molar refractivity (Wildman–Crippen MR) is 85.0 cm³/mol. The normalized spacial score (nSPS) is 34.4. The number of nitrogens with one attached hydrogen (secondary N) is 1. The lowest BCUT2D eigenvalue weighted by atomic mass is 9.72. The van der Waals surface area contributed by atoms with Gasteiger partial charge >= 0.3 is 0 Å². The van der Waals surface area contributed by atoms with E-state index in [2.05, 4.69) is 29.0 Å². The van der Waals surface area contributed by atoms with E-state index in [-0.39, 0.29) is 0 Å². The van der Waals surface area contributed by atoms with Crippen LogP contribution in [0.1, 0.15) is 39.5 Å². The van der Waals surface area contributed by atoms with Gasteiger partial charge < -0.3 is 15.1 Å². The summed E-state index contributed by atoms with van der Waals surface area (Å²) in [5.41, 5.74) is 0. The van der Waals surface area contributed by atoms with Crippen LogP contribution in [0.2, 0.25) is 0 Å². The van der Waals surface area contributed by atoms with Gasteiger partial charge in [0.25, 0.3) is 0 Å². The first-order chi connectivity index (χ1) is 9.72. The minimum atomic E-state index is 0.900. The van der Waals surface area contributed by atoms with E-state index in [0.717, 1.165) is 23.8 Å². The fraction of sp³-hybridized carbons (Fsp3) is 1.00. The Morgan fingerprint density at radius 2 is 1.65 bits per heavy atom. The smallest absolute Gasteiger partial charge is 0.0107 e. The number of hydrogen-bond donors (Lipinski definition) is 1. The van der Waals surface area contributed by atoms with Crippen LogP contribution in [0, 0.1) is 17.8 Å². The Morgan fingerprint density at radius 1 is 1.00 bits per heavy atom. The number of piperidine rings is 1. The molecular weight excluding hydrogens is 246 g/mol. The molecule has 0 aromatic carbocycles. The largest absolute Gasteiger partial charge is 0.314 e. The lowest BCUT2D eigenvalue weighted by Crippen LogP contribution is -2.51. The first-order valence-electron chi connectivity index (χ1n) is 8.89. The molecule has 116 valence electrons. The maximum absolute atomic E-state index is 3.45. The van der Waals surface area contributed by atoms with Crippen LogP contribution in [-0.2, 0) is 0 Å². The standard InChI is InChI=1S/C17H33N3/c1-14(2)16-11-17(12-16)20-7-3-15(4-8-20)13-19-9-5-18-6-10-19/h14-18H,3-13H2,1-2H3. The molecule has 0 atom stereocenters. The molecule has 0 aromatic heterocycles. The van der Waals surface area contributed by atoms with Crippen molar-refractivity contribution in [3.05, 3.63) is 0 Å². The molecule has 0 spiro atoms. The SMILES string of the molecule is CC(C)C1CC(N2CCC(CN3CCNCC3)CC2)C1. The first kappa shape index (κ1) is 14.8. The Labute approximate surface area is 125 Å². The molecule has 20 heavy (non-hydrogen) atoms. The summed E-state index contributed by atoms with van der Waals surface area (Å²) >= 11 is 0. The van der Waals surface area contributed by atoms with E-state index < -0.39 is 0 Å². The van der Waals surface area contributed by atoms with E-state index in [0.29, 0.717) is 0 Å². The van der Waals surface area contributed by atoms with Gasteiger partial charge in [-0.3, -0.25) is 0 Å². The van der Waals surface area contributed by atoms with Crippen LogP contribution >= 0.6 is 0 Å². The van der Waals surface area contributed by atoms with Crippen LogP contribution in [0.4, 0.5) is 0 Å². The van der Waals surface area contributed by atoms with E-state index in [9.17, 15) is 0 Å². The topological polar surface area (TPSA) is 18.5 Å². The van der Waals surface area contributed by atoms with Gasteiger partial charge in [0.05, 0.1) is 0 Å². The molecular formula is C17H33N3. The van der Waals surface area contributed by atoms with Crippen LogP contribution in [0.3, 0.4) is 0 Å². The van der Waals surface area contributed by atoms with E-state index in [1.807, 2.05) is 0 Å². The number of hydrogen-bond acceptors (Lipinski definition) is 3. The van der Waals surface area contributed by atoms with Gasteiger partial charge in [-0.25, -0.2) is 0 Å². The number of rotatable bonds is 4. The molecule has 3 aliphatic rings. The van der Waals surface area contributed by atoms with Crippen molar-refractivity contribution in [3.63, 3.8) is 0 Å². The zero-order valence-electron chi connectivity index (χ0n) is 13.5. The second-order valence-electron chi connectivity index (χ2n) is 7.66. The molecule has 3 heteroatoms. The summed E-state index contributed by atoms with van der Waals surface area (Å²) < 4.78 is 0. The average Bonchev–Trinajstić information content (AvgIpc) is 2.40. The summed E-state index contributed by atoms with van der Waals surface area (Å²) in [5.74, 6) is 2.88. The molecule has 0 amide bonds. The molecule has 0 bridgehead atoms. The van der Waals surface area contributed by atoms with Gasteiger partial charge in [-0.05, 0) is 56.5 Å². The van der Waals surface area contributed by atoms with E-state index in [1.54, 1.807) is 0 Å². The third kappa shape index (κ3) is 3.55. The van der Waals surface area contributed by atoms with Gasteiger partial charge in [0.2, 0.25) is 0 Å². The van der Waals surface area contributed by atoms with Crippen molar-refractivity contribution in [1.29, 1.82) is 0 Å². The monoisotopic (exact) mass is 279 g/mol. The number of nitrogens with zero attached hydrogens (tertiary/aromatic N) is 2. The van der Waals surface area contributed by atoms with Crippen molar-refractivity contribution in [2.24, 2.45) is 17.8 Å². The molecule has 3 fully saturated rings. The van der Waals surface area contributed by atoms with E-state index in [4.69, 9.17) is 0 Å². The molecule has 0 unspecified atom stereocenters. The molecule has 1 aliphatic carbocycles. The van der Waals surface area contributed by atoms with Crippen molar-refractivity contribution in [3.8, 4) is 0 Å². The average molecular weight is 279 g/mol. The third-order valence-electron chi connectivity index (χ3n) is 5.98. The highest BCUT2D eigenvalue weighted by molar-refractivity contribution is 4.90. The van der Waals surface area contributed by atoms with Crippen molar-refractivity contribution in [2.45, 2.75) is 45.6 Å². The third-order valence-corrected chi connectivity index (χ3v) is 5.98. The predicted octanol–water partition coefficient (Wildman–Crippen LogP) is 2.04. The zero-order valence-corrected chi connectivity index (χ0v) is 13.5. The maximum Gasteiger partial charge on any atom is 0.0107 e.